The molecule has 0 atom stereocenters. The summed E-state index contributed by atoms with van der Waals surface area (Å²) in [4.78, 5) is 10.2. The Morgan fingerprint density at radius 3 is 2.62 bits per heavy atom. The first-order valence-corrected chi connectivity index (χ1v) is 6.38. The number of aromatic nitrogens is 2. The van der Waals surface area contributed by atoms with E-state index < -0.39 is 11.6 Å². The van der Waals surface area contributed by atoms with E-state index in [1.54, 1.807) is 7.11 Å². The molecule has 1 heterocycles. The van der Waals surface area contributed by atoms with Crippen molar-refractivity contribution in [3.05, 3.63) is 30.0 Å². The van der Waals surface area contributed by atoms with Crippen LogP contribution in [-0.4, -0.2) is 36.8 Å². The highest BCUT2D eigenvalue weighted by atomic mass is 19.2. The van der Waals surface area contributed by atoms with E-state index in [4.69, 9.17) is 10.00 Å². The van der Waals surface area contributed by atoms with Crippen LogP contribution in [0, 0.1) is 23.0 Å². The van der Waals surface area contributed by atoms with Crippen LogP contribution in [0.1, 0.15) is 6.42 Å². The minimum absolute atomic E-state index is 0.269. The molecule has 2 aromatic rings. The van der Waals surface area contributed by atoms with Crippen molar-refractivity contribution in [1.29, 1.82) is 5.26 Å². The lowest BCUT2D eigenvalue weighted by atomic mass is 10.3. The third-order valence-electron chi connectivity index (χ3n) is 2.95. The number of fused-ring (bicyclic) bond motifs is 1. The molecule has 0 aliphatic carbocycles. The first-order chi connectivity index (χ1) is 10.2. The third kappa shape index (κ3) is 3.61. The second-order valence-electron chi connectivity index (χ2n) is 4.37. The van der Waals surface area contributed by atoms with Crippen LogP contribution in [0.25, 0.3) is 11.0 Å². The van der Waals surface area contributed by atoms with Crippen LogP contribution in [0.15, 0.2) is 18.3 Å². The van der Waals surface area contributed by atoms with Gasteiger partial charge in [0.25, 0.3) is 0 Å². The highest BCUT2D eigenvalue weighted by Gasteiger charge is 2.11. The molecule has 5 nitrogen and oxygen atoms in total. The highest BCUT2D eigenvalue weighted by molar-refractivity contribution is 5.75. The molecular formula is C14H14F2N4O. The van der Waals surface area contributed by atoms with Crippen molar-refractivity contribution in [3.8, 4) is 6.07 Å². The van der Waals surface area contributed by atoms with Gasteiger partial charge in [-0.1, -0.05) is 0 Å². The molecule has 0 unspecified atom stereocenters. The number of ether oxygens (including phenoxy) is 1. The summed E-state index contributed by atoms with van der Waals surface area (Å²) in [5.41, 5.74) is 0.551. The molecule has 0 fully saturated rings. The SMILES string of the molecule is COCCN(CCC#N)c1cnc2cc(F)c(F)cc2n1. The Balaban J connectivity index is 2.33. The Bertz CT molecular complexity index is 672. The third-order valence-corrected chi connectivity index (χ3v) is 2.95. The second kappa shape index (κ2) is 6.90. The van der Waals surface area contributed by atoms with Crippen molar-refractivity contribution in [2.45, 2.75) is 6.42 Å². The molecule has 0 aliphatic rings. The largest absolute Gasteiger partial charge is 0.383 e. The van der Waals surface area contributed by atoms with Crippen molar-refractivity contribution >= 4 is 16.9 Å². The fraction of sp³-hybridized carbons (Fsp3) is 0.357. The number of benzene rings is 1. The van der Waals surface area contributed by atoms with E-state index in [0.29, 0.717) is 31.9 Å². The van der Waals surface area contributed by atoms with Crippen molar-refractivity contribution in [3.63, 3.8) is 0 Å². The van der Waals surface area contributed by atoms with Gasteiger partial charge in [-0.2, -0.15) is 5.26 Å². The van der Waals surface area contributed by atoms with Gasteiger partial charge in [-0.05, 0) is 0 Å². The lowest BCUT2D eigenvalue weighted by molar-refractivity contribution is 0.205. The standard InChI is InChI=1S/C14H14F2N4O/c1-21-6-5-20(4-2-3-17)14-9-18-12-7-10(15)11(16)8-13(12)19-14/h7-9H,2,4-6H2,1H3. The maximum absolute atomic E-state index is 13.3. The zero-order valence-corrected chi connectivity index (χ0v) is 11.5. The second-order valence-corrected chi connectivity index (χ2v) is 4.37. The smallest absolute Gasteiger partial charge is 0.161 e. The predicted molar refractivity (Wildman–Crippen MR) is 73.8 cm³/mol. The minimum atomic E-state index is -0.964. The number of rotatable bonds is 6. The quantitative estimate of drug-likeness (QED) is 0.817. The maximum Gasteiger partial charge on any atom is 0.161 e. The first kappa shape index (κ1) is 15.1. The van der Waals surface area contributed by atoms with Gasteiger partial charge in [-0.3, -0.25) is 4.98 Å². The van der Waals surface area contributed by atoms with Crippen LogP contribution in [-0.2, 0) is 4.74 Å². The molecule has 0 spiro atoms. The Kier molecular flexibility index (Phi) is 4.95. The van der Waals surface area contributed by atoms with Gasteiger partial charge in [0.2, 0.25) is 0 Å². The Morgan fingerprint density at radius 2 is 1.95 bits per heavy atom. The number of halogens is 2. The molecule has 7 heteroatoms. The van der Waals surface area contributed by atoms with Crippen LogP contribution < -0.4 is 4.90 Å². The van der Waals surface area contributed by atoms with E-state index in [9.17, 15) is 8.78 Å². The number of anilines is 1. The van der Waals surface area contributed by atoms with Crippen LogP contribution in [0.2, 0.25) is 0 Å². The number of hydrogen-bond acceptors (Lipinski definition) is 5. The molecule has 0 bridgehead atoms. The fourth-order valence-corrected chi connectivity index (χ4v) is 1.88. The lowest BCUT2D eigenvalue weighted by Gasteiger charge is -2.22. The van der Waals surface area contributed by atoms with Gasteiger partial charge in [0.15, 0.2) is 11.6 Å². The average molecular weight is 292 g/mol. The van der Waals surface area contributed by atoms with Crippen LogP contribution in [0.4, 0.5) is 14.6 Å². The number of nitriles is 1. The highest BCUT2D eigenvalue weighted by Crippen LogP contribution is 2.18. The summed E-state index contributed by atoms with van der Waals surface area (Å²) in [5, 5.41) is 8.69. The molecule has 0 saturated heterocycles. The summed E-state index contributed by atoms with van der Waals surface area (Å²) in [6.07, 6.45) is 1.80. The molecule has 0 aliphatic heterocycles. The molecule has 0 saturated carbocycles. The number of methoxy groups -OCH3 is 1. The Morgan fingerprint density at radius 1 is 1.24 bits per heavy atom. The summed E-state index contributed by atoms with van der Waals surface area (Å²) in [7, 11) is 1.58. The van der Waals surface area contributed by atoms with Gasteiger partial charge < -0.3 is 9.64 Å². The van der Waals surface area contributed by atoms with Crippen molar-refractivity contribution in [2.24, 2.45) is 0 Å². The topological polar surface area (TPSA) is 62.0 Å². The lowest BCUT2D eigenvalue weighted by Crippen LogP contribution is -2.29. The minimum Gasteiger partial charge on any atom is -0.383 e. The molecule has 0 amide bonds. The van der Waals surface area contributed by atoms with E-state index in [1.165, 1.54) is 6.20 Å². The number of nitrogens with zero attached hydrogens (tertiary/aromatic N) is 4. The maximum atomic E-state index is 13.3. The zero-order chi connectivity index (χ0) is 15.2. The van der Waals surface area contributed by atoms with Crippen LogP contribution in [0.5, 0.6) is 0 Å². The molecular weight excluding hydrogens is 278 g/mol. The van der Waals surface area contributed by atoms with Gasteiger partial charge in [-0.15, -0.1) is 0 Å². The summed E-state index contributed by atoms with van der Waals surface area (Å²) in [6.45, 7) is 1.45. The average Bonchev–Trinajstić information content (AvgIpc) is 2.48. The molecule has 0 N–H and O–H groups in total. The molecule has 2 rings (SSSR count). The molecule has 1 aromatic heterocycles. The monoisotopic (exact) mass is 292 g/mol. The first-order valence-electron chi connectivity index (χ1n) is 6.38. The molecule has 0 radical (unpaired) electrons. The Labute approximate surface area is 120 Å². The summed E-state index contributed by atoms with van der Waals surface area (Å²) < 4.78 is 31.4. The van der Waals surface area contributed by atoms with E-state index in [0.717, 1.165) is 12.1 Å². The fourth-order valence-electron chi connectivity index (χ4n) is 1.88. The normalized spacial score (nSPS) is 10.6. The van der Waals surface area contributed by atoms with Gasteiger partial charge >= 0.3 is 0 Å². The zero-order valence-electron chi connectivity index (χ0n) is 11.5. The Hall–Kier alpha value is -2.33. The molecule has 21 heavy (non-hydrogen) atoms. The van der Waals surface area contributed by atoms with Gasteiger partial charge in [-0.25, -0.2) is 13.8 Å². The van der Waals surface area contributed by atoms with E-state index in [-0.39, 0.29) is 11.0 Å². The molecule has 110 valence electrons. The predicted octanol–water partition coefficient (Wildman–Crippen LogP) is 2.27. The van der Waals surface area contributed by atoms with Crippen molar-refractivity contribution < 1.29 is 13.5 Å². The summed E-state index contributed by atoms with van der Waals surface area (Å²) in [6, 6.07) is 4.08. The van der Waals surface area contributed by atoms with E-state index in [2.05, 4.69) is 16.0 Å². The molecule has 1 aromatic carbocycles. The van der Waals surface area contributed by atoms with Crippen molar-refractivity contribution in [1.82, 2.24) is 9.97 Å². The van der Waals surface area contributed by atoms with E-state index in [1.807, 2.05) is 4.90 Å². The number of hydrogen-bond donors (Lipinski definition) is 0. The van der Waals surface area contributed by atoms with Gasteiger partial charge in [0, 0.05) is 32.3 Å². The van der Waals surface area contributed by atoms with Crippen LogP contribution >= 0.6 is 0 Å². The summed E-state index contributed by atoms with van der Waals surface area (Å²) in [5.74, 6) is -1.42. The summed E-state index contributed by atoms with van der Waals surface area (Å²) >= 11 is 0. The van der Waals surface area contributed by atoms with E-state index >= 15 is 0 Å². The van der Waals surface area contributed by atoms with Crippen molar-refractivity contribution in [2.75, 3.05) is 31.7 Å². The van der Waals surface area contributed by atoms with Gasteiger partial charge in [0.1, 0.15) is 5.82 Å². The van der Waals surface area contributed by atoms with Crippen LogP contribution in [0.3, 0.4) is 0 Å². The van der Waals surface area contributed by atoms with Gasteiger partial charge in [0.05, 0.1) is 36.3 Å².